The molecule has 3 aromatic rings. The third kappa shape index (κ3) is 4.29. The van der Waals surface area contributed by atoms with Crippen LogP contribution in [0.3, 0.4) is 0 Å². The highest BCUT2D eigenvalue weighted by Crippen LogP contribution is 2.19. The largest absolute Gasteiger partial charge is 0.322 e. The van der Waals surface area contributed by atoms with E-state index >= 15 is 0 Å². The Kier molecular flexibility index (Phi) is 5.34. The molecule has 0 bridgehead atoms. The molecule has 3 rings (SSSR count). The number of rotatable bonds is 4. The fourth-order valence-electron chi connectivity index (χ4n) is 2.47. The number of carbonyl (C=O) groups is 2. The van der Waals surface area contributed by atoms with Gasteiger partial charge in [0.2, 0.25) is 0 Å². The number of amides is 2. The maximum Gasteiger partial charge on any atom is 0.257 e. The summed E-state index contributed by atoms with van der Waals surface area (Å²) in [5.74, 6) is -0.464. The maximum atomic E-state index is 12.3. The summed E-state index contributed by atoms with van der Waals surface area (Å²) in [7, 11) is 0. The zero-order valence-electron chi connectivity index (χ0n) is 14.1. The van der Waals surface area contributed by atoms with Crippen molar-refractivity contribution in [1.29, 1.82) is 0 Å². The van der Waals surface area contributed by atoms with Crippen LogP contribution < -0.4 is 10.6 Å². The van der Waals surface area contributed by atoms with Gasteiger partial charge in [-0.1, -0.05) is 41.4 Å². The average molecular weight is 365 g/mol. The Bertz CT molecular complexity index is 952. The molecule has 0 saturated heterocycles. The molecule has 0 unspecified atom stereocenters. The van der Waals surface area contributed by atoms with Crippen LogP contribution in [0.4, 0.5) is 11.4 Å². The normalized spacial score (nSPS) is 10.2. The van der Waals surface area contributed by atoms with Crippen molar-refractivity contribution in [2.24, 2.45) is 0 Å². The van der Waals surface area contributed by atoms with E-state index in [0.717, 1.165) is 5.56 Å². The van der Waals surface area contributed by atoms with Gasteiger partial charge in [0, 0.05) is 16.9 Å². The fourth-order valence-corrected chi connectivity index (χ4v) is 2.69. The highest BCUT2D eigenvalue weighted by atomic mass is 35.5. The molecule has 0 aliphatic carbocycles. The van der Waals surface area contributed by atoms with Crippen molar-refractivity contribution in [3.8, 4) is 0 Å². The second-order valence-electron chi connectivity index (χ2n) is 5.83. The van der Waals surface area contributed by atoms with E-state index in [-0.39, 0.29) is 11.8 Å². The molecule has 2 amide bonds. The molecule has 3 aromatic carbocycles. The van der Waals surface area contributed by atoms with Crippen molar-refractivity contribution >= 4 is 34.8 Å². The van der Waals surface area contributed by atoms with Crippen LogP contribution in [0.25, 0.3) is 0 Å². The van der Waals surface area contributed by atoms with Crippen molar-refractivity contribution in [2.75, 3.05) is 10.6 Å². The molecule has 0 aliphatic rings. The molecule has 2 N–H and O–H groups in total. The molecule has 0 spiro atoms. The molecule has 0 radical (unpaired) electrons. The molecule has 5 heteroatoms. The van der Waals surface area contributed by atoms with E-state index in [0.29, 0.717) is 27.5 Å². The number of carbonyl (C=O) groups excluding carboxylic acids is 2. The van der Waals surface area contributed by atoms with Gasteiger partial charge in [0.15, 0.2) is 0 Å². The van der Waals surface area contributed by atoms with E-state index in [9.17, 15) is 9.59 Å². The minimum absolute atomic E-state index is 0.179. The molecule has 0 aliphatic heterocycles. The minimum Gasteiger partial charge on any atom is -0.322 e. The van der Waals surface area contributed by atoms with Crippen LogP contribution in [0.2, 0.25) is 5.02 Å². The lowest BCUT2D eigenvalue weighted by atomic mass is 10.1. The Morgan fingerprint density at radius 1 is 0.769 bits per heavy atom. The van der Waals surface area contributed by atoms with Gasteiger partial charge in [0.05, 0.1) is 10.6 Å². The number of hydrogen-bond acceptors (Lipinski definition) is 2. The fraction of sp³-hybridized carbons (Fsp3) is 0.0476. The summed E-state index contributed by atoms with van der Waals surface area (Å²) in [4.78, 5) is 24.5. The third-order valence-electron chi connectivity index (χ3n) is 3.80. The van der Waals surface area contributed by atoms with E-state index in [1.807, 2.05) is 25.1 Å². The SMILES string of the molecule is Cc1cccc(C(=O)Nc2ccc(NC(=O)c3ccccc3Cl)cc2)c1. The van der Waals surface area contributed by atoms with Crippen molar-refractivity contribution < 1.29 is 9.59 Å². The van der Waals surface area contributed by atoms with Crippen molar-refractivity contribution in [2.45, 2.75) is 6.92 Å². The molecule has 4 nitrogen and oxygen atoms in total. The number of anilines is 2. The average Bonchev–Trinajstić information content (AvgIpc) is 2.63. The predicted octanol–water partition coefficient (Wildman–Crippen LogP) is 5.15. The number of hydrogen-bond donors (Lipinski definition) is 2. The second-order valence-corrected chi connectivity index (χ2v) is 6.24. The van der Waals surface area contributed by atoms with Crippen molar-refractivity contribution in [3.63, 3.8) is 0 Å². The van der Waals surface area contributed by atoms with Crippen molar-refractivity contribution in [1.82, 2.24) is 0 Å². The topological polar surface area (TPSA) is 58.2 Å². The Labute approximate surface area is 156 Å². The summed E-state index contributed by atoms with van der Waals surface area (Å²) >= 11 is 6.03. The van der Waals surface area contributed by atoms with Gasteiger partial charge in [-0.05, 0) is 55.5 Å². The Hall–Kier alpha value is -3.11. The monoisotopic (exact) mass is 364 g/mol. The van der Waals surface area contributed by atoms with Gasteiger partial charge < -0.3 is 10.6 Å². The number of halogens is 1. The lowest BCUT2D eigenvalue weighted by Crippen LogP contribution is -2.13. The van der Waals surface area contributed by atoms with Crippen LogP contribution in [0.1, 0.15) is 26.3 Å². The number of aryl methyl sites for hydroxylation is 1. The first-order valence-electron chi connectivity index (χ1n) is 8.07. The molecule has 0 atom stereocenters. The van der Waals surface area contributed by atoms with Gasteiger partial charge in [0.25, 0.3) is 11.8 Å². The smallest absolute Gasteiger partial charge is 0.257 e. The van der Waals surface area contributed by atoms with Crippen LogP contribution >= 0.6 is 11.6 Å². The van der Waals surface area contributed by atoms with E-state index in [2.05, 4.69) is 10.6 Å². The summed E-state index contributed by atoms with van der Waals surface area (Å²) < 4.78 is 0. The summed E-state index contributed by atoms with van der Waals surface area (Å²) in [5, 5.41) is 6.01. The first-order valence-corrected chi connectivity index (χ1v) is 8.45. The zero-order chi connectivity index (χ0) is 18.5. The molecule has 0 heterocycles. The summed E-state index contributed by atoms with van der Waals surface area (Å²) in [6, 6.07) is 21.1. The van der Waals surface area contributed by atoms with Gasteiger partial charge in [-0.25, -0.2) is 0 Å². The molecular weight excluding hydrogens is 348 g/mol. The van der Waals surface area contributed by atoms with Crippen molar-refractivity contribution in [3.05, 3.63) is 94.5 Å². The maximum absolute atomic E-state index is 12.3. The number of benzene rings is 3. The highest BCUT2D eigenvalue weighted by Gasteiger charge is 2.10. The van der Waals surface area contributed by atoms with Gasteiger partial charge in [-0.2, -0.15) is 0 Å². The van der Waals surface area contributed by atoms with Crippen LogP contribution in [-0.4, -0.2) is 11.8 Å². The van der Waals surface area contributed by atoms with Crippen LogP contribution in [0, 0.1) is 6.92 Å². The first-order chi connectivity index (χ1) is 12.5. The number of nitrogens with one attached hydrogen (secondary N) is 2. The van der Waals surface area contributed by atoms with Crippen LogP contribution in [0.5, 0.6) is 0 Å². The molecule has 26 heavy (non-hydrogen) atoms. The summed E-state index contributed by atoms with van der Waals surface area (Å²) in [6.07, 6.45) is 0. The Balaban J connectivity index is 1.66. The minimum atomic E-state index is -0.285. The third-order valence-corrected chi connectivity index (χ3v) is 4.13. The first kappa shape index (κ1) is 17.7. The van der Waals surface area contributed by atoms with Gasteiger partial charge in [0.1, 0.15) is 0 Å². The molecule has 0 fully saturated rings. The molecular formula is C21H17ClN2O2. The van der Waals surface area contributed by atoms with Crippen LogP contribution in [-0.2, 0) is 0 Å². The quantitative estimate of drug-likeness (QED) is 0.672. The van der Waals surface area contributed by atoms with Gasteiger partial charge >= 0.3 is 0 Å². The van der Waals surface area contributed by atoms with Crippen LogP contribution in [0.15, 0.2) is 72.8 Å². The summed E-state index contributed by atoms with van der Waals surface area (Å²) in [6.45, 7) is 1.94. The lowest BCUT2D eigenvalue weighted by Gasteiger charge is -2.09. The van der Waals surface area contributed by atoms with Gasteiger partial charge in [-0.15, -0.1) is 0 Å². The lowest BCUT2D eigenvalue weighted by molar-refractivity contribution is 0.101. The van der Waals surface area contributed by atoms with Gasteiger partial charge in [-0.3, -0.25) is 9.59 Å². The Morgan fingerprint density at radius 3 is 2.00 bits per heavy atom. The van der Waals surface area contributed by atoms with E-state index < -0.39 is 0 Å². The molecule has 0 aromatic heterocycles. The molecule has 130 valence electrons. The Morgan fingerprint density at radius 2 is 1.38 bits per heavy atom. The second kappa shape index (κ2) is 7.85. The van der Waals surface area contributed by atoms with E-state index in [4.69, 9.17) is 11.6 Å². The van der Waals surface area contributed by atoms with E-state index in [1.165, 1.54) is 0 Å². The standard InChI is InChI=1S/C21H17ClN2O2/c1-14-5-4-6-15(13-14)20(25)23-16-9-11-17(12-10-16)24-21(26)18-7-2-3-8-19(18)22/h2-13H,1H3,(H,23,25)(H,24,26). The highest BCUT2D eigenvalue weighted by molar-refractivity contribution is 6.34. The van der Waals surface area contributed by atoms with E-state index in [1.54, 1.807) is 54.6 Å². The predicted molar refractivity (Wildman–Crippen MR) is 105 cm³/mol. The summed E-state index contributed by atoms with van der Waals surface area (Å²) in [5.41, 5.74) is 3.29. The molecule has 0 saturated carbocycles. The zero-order valence-corrected chi connectivity index (χ0v) is 14.9.